The molecule has 1 heterocycles. The summed E-state index contributed by atoms with van der Waals surface area (Å²) < 4.78 is 2.40. The Kier molecular flexibility index (Phi) is 8.23. The van der Waals surface area contributed by atoms with Crippen LogP contribution in [0.4, 0.5) is 0 Å². The summed E-state index contributed by atoms with van der Waals surface area (Å²) in [7, 11) is 0. The average Bonchev–Trinajstić information content (AvgIpc) is 2.96. The molecule has 0 unspecified atom stereocenters. The lowest BCUT2D eigenvalue weighted by molar-refractivity contribution is -0.116. The van der Waals surface area contributed by atoms with Gasteiger partial charge in [-0.05, 0) is 44.4 Å². The number of hydrogen-bond acceptors (Lipinski definition) is 2. The van der Waals surface area contributed by atoms with E-state index in [1.807, 2.05) is 6.92 Å². The van der Waals surface area contributed by atoms with Gasteiger partial charge < -0.3 is 9.88 Å². The summed E-state index contributed by atoms with van der Waals surface area (Å²) in [6, 6.07) is 8.43. The molecule has 0 saturated carbocycles. The summed E-state index contributed by atoms with van der Waals surface area (Å²) in [6.07, 6.45) is 11.3. The first-order valence-electron chi connectivity index (χ1n) is 9.61. The van der Waals surface area contributed by atoms with Crippen molar-refractivity contribution in [3.63, 3.8) is 0 Å². The van der Waals surface area contributed by atoms with Gasteiger partial charge in [0.1, 0.15) is 5.82 Å². The predicted molar refractivity (Wildman–Crippen MR) is 105 cm³/mol. The SMILES string of the molecule is C/C=C/C(=O)NCCCCCc1nc2ccccc2n1CCCCC. The van der Waals surface area contributed by atoms with Gasteiger partial charge in [-0.25, -0.2) is 4.98 Å². The van der Waals surface area contributed by atoms with Crippen molar-refractivity contribution in [2.75, 3.05) is 6.54 Å². The zero-order valence-corrected chi connectivity index (χ0v) is 15.6. The lowest BCUT2D eigenvalue weighted by Crippen LogP contribution is -2.21. The molecule has 1 N–H and O–H groups in total. The molecule has 0 saturated heterocycles. The van der Waals surface area contributed by atoms with Gasteiger partial charge in [-0.2, -0.15) is 0 Å². The monoisotopic (exact) mass is 341 g/mol. The molecule has 0 bridgehead atoms. The zero-order chi connectivity index (χ0) is 17.9. The number of para-hydroxylation sites is 2. The van der Waals surface area contributed by atoms with Crippen LogP contribution in [0.1, 0.15) is 58.2 Å². The van der Waals surface area contributed by atoms with Crippen molar-refractivity contribution < 1.29 is 4.79 Å². The van der Waals surface area contributed by atoms with Crippen molar-refractivity contribution in [3.05, 3.63) is 42.2 Å². The molecule has 25 heavy (non-hydrogen) atoms. The number of amides is 1. The maximum Gasteiger partial charge on any atom is 0.243 e. The molecule has 4 heteroatoms. The second kappa shape index (κ2) is 10.7. The van der Waals surface area contributed by atoms with E-state index in [9.17, 15) is 4.79 Å². The zero-order valence-electron chi connectivity index (χ0n) is 15.6. The summed E-state index contributed by atoms with van der Waals surface area (Å²) in [4.78, 5) is 16.2. The minimum Gasteiger partial charge on any atom is -0.353 e. The van der Waals surface area contributed by atoms with Gasteiger partial charge in [0.2, 0.25) is 5.91 Å². The minimum absolute atomic E-state index is 0.000201. The van der Waals surface area contributed by atoms with Crippen LogP contribution in [-0.4, -0.2) is 22.0 Å². The Bertz CT molecular complexity index is 688. The van der Waals surface area contributed by atoms with Crippen molar-refractivity contribution >= 4 is 16.9 Å². The van der Waals surface area contributed by atoms with Gasteiger partial charge in [0, 0.05) is 19.5 Å². The van der Waals surface area contributed by atoms with Crippen molar-refractivity contribution in [2.24, 2.45) is 0 Å². The van der Waals surface area contributed by atoms with E-state index in [2.05, 4.69) is 41.1 Å². The van der Waals surface area contributed by atoms with Crippen molar-refractivity contribution in [3.8, 4) is 0 Å². The average molecular weight is 341 g/mol. The van der Waals surface area contributed by atoms with Crippen LogP contribution in [0.3, 0.4) is 0 Å². The summed E-state index contributed by atoms with van der Waals surface area (Å²) in [6.45, 7) is 5.90. The van der Waals surface area contributed by atoms with Gasteiger partial charge in [-0.15, -0.1) is 0 Å². The number of carbonyl (C=O) groups is 1. The smallest absolute Gasteiger partial charge is 0.243 e. The van der Waals surface area contributed by atoms with Crippen LogP contribution in [0.25, 0.3) is 11.0 Å². The molecule has 2 aromatic rings. The van der Waals surface area contributed by atoms with E-state index >= 15 is 0 Å². The Morgan fingerprint density at radius 3 is 2.80 bits per heavy atom. The third-order valence-electron chi connectivity index (χ3n) is 4.41. The molecule has 1 aromatic carbocycles. The molecule has 0 radical (unpaired) electrons. The molecule has 0 atom stereocenters. The molecule has 0 fully saturated rings. The summed E-state index contributed by atoms with van der Waals surface area (Å²) in [5.41, 5.74) is 2.36. The number of rotatable bonds is 11. The van der Waals surface area contributed by atoms with E-state index in [0.717, 1.165) is 44.3 Å². The number of imidazole rings is 1. The third kappa shape index (κ3) is 6.04. The standard InChI is InChI=1S/C21H31N3O/c1-3-5-11-17-24-19-14-9-8-13-18(19)23-20(24)15-7-6-10-16-22-21(25)12-4-2/h4,8-9,12-14H,3,5-7,10-11,15-17H2,1-2H3,(H,22,25)/b12-4+. The summed E-state index contributed by atoms with van der Waals surface area (Å²) in [5, 5.41) is 2.90. The Hall–Kier alpha value is -2.10. The molecule has 0 aliphatic heterocycles. The van der Waals surface area contributed by atoms with Gasteiger partial charge in [0.25, 0.3) is 0 Å². The van der Waals surface area contributed by atoms with Gasteiger partial charge in [-0.3, -0.25) is 4.79 Å². The Morgan fingerprint density at radius 2 is 2.00 bits per heavy atom. The number of allylic oxidation sites excluding steroid dienone is 1. The van der Waals surface area contributed by atoms with E-state index in [1.54, 1.807) is 12.2 Å². The number of hydrogen-bond donors (Lipinski definition) is 1. The first-order valence-corrected chi connectivity index (χ1v) is 9.61. The molecule has 0 spiro atoms. The van der Waals surface area contributed by atoms with Gasteiger partial charge >= 0.3 is 0 Å². The molecule has 1 aromatic heterocycles. The van der Waals surface area contributed by atoms with Gasteiger partial charge in [-0.1, -0.05) is 44.4 Å². The van der Waals surface area contributed by atoms with Crippen LogP contribution < -0.4 is 5.32 Å². The normalized spacial score (nSPS) is 11.4. The fourth-order valence-electron chi connectivity index (χ4n) is 3.09. The molecular formula is C21H31N3O. The highest BCUT2D eigenvalue weighted by atomic mass is 16.1. The number of carbonyl (C=O) groups excluding carboxylic acids is 1. The Morgan fingerprint density at radius 1 is 1.16 bits per heavy atom. The topological polar surface area (TPSA) is 46.9 Å². The lowest BCUT2D eigenvalue weighted by atomic mass is 10.2. The maximum absolute atomic E-state index is 11.4. The van der Waals surface area contributed by atoms with Crippen LogP contribution in [0, 0.1) is 0 Å². The largest absolute Gasteiger partial charge is 0.353 e. The second-order valence-electron chi connectivity index (χ2n) is 6.48. The first-order chi connectivity index (χ1) is 12.3. The van der Waals surface area contributed by atoms with E-state index in [0.29, 0.717) is 0 Å². The molecule has 4 nitrogen and oxygen atoms in total. The van der Waals surface area contributed by atoms with Crippen LogP contribution >= 0.6 is 0 Å². The molecule has 0 aliphatic carbocycles. The van der Waals surface area contributed by atoms with Crippen molar-refractivity contribution in [1.82, 2.24) is 14.9 Å². The number of aromatic nitrogens is 2. The summed E-state index contributed by atoms with van der Waals surface area (Å²) >= 11 is 0. The number of aryl methyl sites for hydroxylation is 2. The molecule has 1 amide bonds. The van der Waals surface area contributed by atoms with Crippen LogP contribution in [0.2, 0.25) is 0 Å². The Labute approximate surface area is 151 Å². The van der Waals surface area contributed by atoms with E-state index in [-0.39, 0.29) is 5.91 Å². The fourth-order valence-corrected chi connectivity index (χ4v) is 3.09. The minimum atomic E-state index is 0.000201. The maximum atomic E-state index is 11.4. The van der Waals surface area contributed by atoms with Crippen molar-refractivity contribution in [1.29, 1.82) is 0 Å². The molecule has 2 rings (SSSR count). The van der Waals surface area contributed by atoms with Crippen LogP contribution in [0.5, 0.6) is 0 Å². The lowest BCUT2D eigenvalue weighted by Gasteiger charge is -2.09. The Balaban J connectivity index is 1.85. The quantitative estimate of drug-likeness (QED) is 0.478. The number of fused-ring (bicyclic) bond motifs is 1. The highest BCUT2D eigenvalue weighted by molar-refractivity contribution is 5.87. The second-order valence-corrected chi connectivity index (χ2v) is 6.48. The van der Waals surface area contributed by atoms with Gasteiger partial charge in [0.05, 0.1) is 11.0 Å². The summed E-state index contributed by atoms with van der Waals surface area (Å²) in [5.74, 6) is 1.20. The number of benzene rings is 1. The fraction of sp³-hybridized carbons (Fsp3) is 0.524. The van der Waals surface area contributed by atoms with E-state index in [4.69, 9.17) is 4.98 Å². The highest BCUT2D eigenvalue weighted by Gasteiger charge is 2.09. The molecule has 0 aliphatic rings. The van der Waals surface area contributed by atoms with Crippen molar-refractivity contribution in [2.45, 2.75) is 65.3 Å². The molecule has 136 valence electrons. The van der Waals surface area contributed by atoms with E-state index in [1.165, 1.54) is 30.6 Å². The van der Waals surface area contributed by atoms with Crippen LogP contribution in [0.15, 0.2) is 36.4 Å². The first kappa shape index (κ1) is 19.2. The van der Waals surface area contributed by atoms with Gasteiger partial charge in [0.15, 0.2) is 0 Å². The number of nitrogens with one attached hydrogen (secondary N) is 1. The van der Waals surface area contributed by atoms with E-state index < -0.39 is 0 Å². The molecular weight excluding hydrogens is 310 g/mol. The number of nitrogens with zero attached hydrogens (tertiary/aromatic N) is 2. The predicted octanol–water partition coefficient (Wildman–Crippen LogP) is 4.63. The highest BCUT2D eigenvalue weighted by Crippen LogP contribution is 2.19. The number of unbranched alkanes of at least 4 members (excludes halogenated alkanes) is 4. The van der Waals surface area contributed by atoms with Crippen LogP contribution in [-0.2, 0) is 17.8 Å². The third-order valence-corrected chi connectivity index (χ3v) is 4.41.